The van der Waals surface area contributed by atoms with Crippen LogP contribution in [-0.2, 0) is 14.4 Å². The summed E-state index contributed by atoms with van der Waals surface area (Å²) in [4.78, 5) is 30.0. The average Bonchev–Trinajstić information content (AvgIpc) is 1.82. The number of hydrogen-bond donors (Lipinski definition) is 1. The molecule has 0 aliphatic heterocycles. The monoisotopic (exact) mass is 345 g/mol. The average molecular weight is 345 g/mol. The molecule has 0 saturated heterocycles. The molecule has 0 saturated carbocycles. The first kappa shape index (κ1) is 33.5. The topological polar surface area (TPSA) is 141 Å². The number of carbonyl (C=O) groups is 3. The summed E-state index contributed by atoms with van der Waals surface area (Å²) in [6, 6.07) is 0. The van der Waals surface area contributed by atoms with Crippen LogP contribution in [0.15, 0.2) is 0 Å². The van der Waals surface area contributed by atoms with E-state index >= 15 is 0 Å². The first-order valence-electron chi connectivity index (χ1n) is 3.11. The molecular weight excluding hydrogens is 340 g/mol. The third-order valence-corrected chi connectivity index (χ3v) is 1.25. The van der Waals surface area contributed by atoms with Crippen molar-refractivity contribution >= 4 is 17.9 Å². The Hall–Kier alpha value is 4.92. The maximum Gasteiger partial charge on any atom is 1.00 e. The molecule has 0 aliphatic rings. The van der Waals surface area contributed by atoms with Crippen LogP contribution in [0, 0.1) is 0 Å². The molecule has 0 aromatic rings. The molecule has 0 bridgehead atoms. The molecule has 0 radical (unpaired) electrons. The van der Waals surface area contributed by atoms with E-state index in [1.54, 1.807) is 0 Å². The molecule has 0 rings (SSSR count). The van der Waals surface area contributed by atoms with E-state index in [1.165, 1.54) is 0 Å². The van der Waals surface area contributed by atoms with Crippen LogP contribution in [0.1, 0.15) is 12.8 Å². The summed E-state index contributed by atoms with van der Waals surface area (Å²) in [5.41, 5.74) is -2.97. The van der Waals surface area contributed by atoms with Crippen molar-refractivity contribution in [1.29, 1.82) is 0 Å². The third kappa shape index (κ3) is 17.1. The van der Waals surface area contributed by atoms with Crippen LogP contribution in [0.2, 0.25) is 0 Å². The van der Waals surface area contributed by atoms with Gasteiger partial charge in [0.1, 0.15) is 5.60 Å². The van der Waals surface area contributed by atoms with Crippen LogP contribution in [0.3, 0.4) is 0 Å². The van der Waals surface area contributed by atoms with E-state index < -0.39 is 36.4 Å². The zero-order valence-corrected chi connectivity index (χ0v) is 22.8. The summed E-state index contributed by atoms with van der Waals surface area (Å²) in [5, 5.41) is 38.9. The Balaban J connectivity index is -0.000000120. The fraction of sp³-hybridized carbons (Fsp3) is 0.500. The summed E-state index contributed by atoms with van der Waals surface area (Å²) < 4.78 is 0. The van der Waals surface area contributed by atoms with Crippen molar-refractivity contribution in [2.75, 3.05) is 0 Å². The number of carboxylic acid groups (broad SMARTS) is 3. The normalized spacial score (nSPS) is 8.29. The van der Waals surface area contributed by atoms with Gasteiger partial charge in [0.2, 0.25) is 0 Å². The molecular formula is C6H5K4O7+. The van der Waals surface area contributed by atoms with Gasteiger partial charge < -0.3 is 34.8 Å². The van der Waals surface area contributed by atoms with Crippen LogP contribution in [0.5, 0.6) is 0 Å². The van der Waals surface area contributed by atoms with Gasteiger partial charge in [0.05, 0.1) is 5.97 Å². The summed E-state index contributed by atoms with van der Waals surface area (Å²) >= 11 is 0. The minimum Gasteiger partial charge on any atom is -0.550 e. The van der Waals surface area contributed by atoms with E-state index in [0.29, 0.717) is 0 Å². The summed E-state index contributed by atoms with van der Waals surface area (Å²) in [6.07, 6.45) is -2.72. The number of aliphatic hydroxyl groups is 1. The Morgan fingerprint density at radius 3 is 1.18 bits per heavy atom. The largest absolute Gasteiger partial charge is 1.00 e. The molecule has 0 amide bonds. The Bertz CT molecular complexity index is 241. The number of aliphatic carboxylic acids is 3. The molecule has 7 nitrogen and oxygen atoms in total. The van der Waals surface area contributed by atoms with E-state index in [9.17, 15) is 29.7 Å². The molecule has 11 heteroatoms. The molecule has 0 heterocycles. The van der Waals surface area contributed by atoms with Crippen LogP contribution in [-0.4, -0.2) is 28.6 Å². The van der Waals surface area contributed by atoms with Gasteiger partial charge in [0.15, 0.2) is 0 Å². The van der Waals surface area contributed by atoms with Gasteiger partial charge in [-0.3, -0.25) is 0 Å². The van der Waals surface area contributed by atoms with E-state index in [2.05, 4.69) is 0 Å². The van der Waals surface area contributed by atoms with Crippen molar-refractivity contribution in [1.82, 2.24) is 0 Å². The van der Waals surface area contributed by atoms with Crippen molar-refractivity contribution in [3.63, 3.8) is 0 Å². The van der Waals surface area contributed by atoms with E-state index in [4.69, 9.17) is 5.11 Å². The van der Waals surface area contributed by atoms with Gasteiger partial charge in [0.25, 0.3) is 0 Å². The third-order valence-electron chi connectivity index (χ3n) is 1.25. The van der Waals surface area contributed by atoms with Gasteiger partial charge in [-0.1, -0.05) is 0 Å². The molecule has 74 valence electrons. The van der Waals surface area contributed by atoms with Crippen LogP contribution >= 0.6 is 0 Å². The SMILES string of the molecule is O=C([O-])CC(O)(CC(=O)[O-])C(=O)[O-].[K+].[K+].[K+].[K+]. The van der Waals surface area contributed by atoms with Gasteiger partial charge in [-0.15, -0.1) is 0 Å². The molecule has 17 heavy (non-hydrogen) atoms. The van der Waals surface area contributed by atoms with Gasteiger partial charge in [-0.05, 0) is 0 Å². The second kappa shape index (κ2) is 17.3. The smallest absolute Gasteiger partial charge is 0.550 e. The molecule has 0 fully saturated rings. The van der Waals surface area contributed by atoms with Gasteiger partial charge in [-0.25, -0.2) is 0 Å². The van der Waals surface area contributed by atoms with Gasteiger partial charge >= 0.3 is 206 Å². The standard InChI is InChI=1S/C6H8O7.4K/c7-3(8)1-6(13,5(11)12)2-4(9)10;;;;/h13H,1-2H2,(H,7,8)(H,9,10)(H,11,12);;;;/q;4*+1/p-3. The Morgan fingerprint density at radius 2 is 1.06 bits per heavy atom. The fourth-order valence-corrected chi connectivity index (χ4v) is 0.684. The van der Waals surface area contributed by atoms with Crippen LogP contribution < -0.4 is 221 Å². The van der Waals surface area contributed by atoms with E-state index in [0.717, 1.165) is 0 Å². The Kier molecular flexibility index (Phi) is 34.0. The summed E-state index contributed by atoms with van der Waals surface area (Å²) in [5.74, 6) is -5.98. The maximum absolute atomic E-state index is 10.1. The Morgan fingerprint density at radius 1 is 0.824 bits per heavy atom. The quantitative estimate of drug-likeness (QED) is 0.488. The second-order valence-corrected chi connectivity index (χ2v) is 2.42. The molecule has 0 aromatic heterocycles. The first-order chi connectivity index (χ1) is 5.78. The number of carbonyl (C=O) groups excluding carboxylic acids is 3. The van der Waals surface area contributed by atoms with E-state index in [1.807, 2.05) is 0 Å². The predicted octanol–water partition coefficient (Wildman–Crippen LogP) is -17.2. The van der Waals surface area contributed by atoms with Crippen LogP contribution in [0.25, 0.3) is 0 Å². The molecule has 0 aliphatic carbocycles. The van der Waals surface area contributed by atoms with Crippen molar-refractivity contribution in [3.05, 3.63) is 0 Å². The summed E-state index contributed by atoms with van der Waals surface area (Å²) in [7, 11) is 0. The van der Waals surface area contributed by atoms with Crippen molar-refractivity contribution in [2.45, 2.75) is 18.4 Å². The van der Waals surface area contributed by atoms with Crippen LogP contribution in [0.4, 0.5) is 0 Å². The molecule has 0 aromatic carbocycles. The molecule has 0 atom stereocenters. The summed E-state index contributed by atoms with van der Waals surface area (Å²) in [6.45, 7) is 0. The number of rotatable bonds is 5. The minimum atomic E-state index is -2.97. The number of hydrogen-bond acceptors (Lipinski definition) is 7. The van der Waals surface area contributed by atoms with Crippen molar-refractivity contribution in [3.8, 4) is 0 Å². The zero-order valence-electron chi connectivity index (χ0n) is 10.3. The maximum atomic E-state index is 10.1. The molecule has 0 unspecified atom stereocenters. The van der Waals surface area contributed by atoms with Gasteiger partial charge in [0, 0.05) is 24.8 Å². The molecule has 0 spiro atoms. The number of carboxylic acids is 3. The van der Waals surface area contributed by atoms with Gasteiger partial charge in [-0.2, -0.15) is 0 Å². The first-order valence-corrected chi connectivity index (χ1v) is 3.11. The minimum absolute atomic E-state index is 0. The molecule has 1 N–H and O–H groups in total. The second-order valence-electron chi connectivity index (χ2n) is 2.42. The fourth-order valence-electron chi connectivity index (χ4n) is 0.684. The predicted molar refractivity (Wildman–Crippen MR) is 29.2 cm³/mol. The van der Waals surface area contributed by atoms with E-state index in [-0.39, 0.29) is 206 Å². The van der Waals surface area contributed by atoms with Crippen molar-refractivity contribution < 1.29 is 240 Å². The zero-order chi connectivity index (χ0) is 10.6. The Labute approximate surface area is 268 Å². The van der Waals surface area contributed by atoms with Crippen molar-refractivity contribution in [2.24, 2.45) is 0 Å².